The number of nitrogens with zero attached hydrogens (tertiary/aromatic N) is 4. The lowest BCUT2D eigenvalue weighted by Crippen LogP contribution is -2.43. The number of hydrogen-bond acceptors (Lipinski definition) is 8. The van der Waals surface area contributed by atoms with Crippen LogP contribution in [0.2, 0.25) is 0 Å². The largest absolute Gasteiger partial charge is 0.483 e. The number of aryl methyl sites for hydroxylation is 1. The number of aromatic nitrogens is 5. The standard InChI is InChI=1S/C22H21N7O4/c30-18(10-11-20-25-22(29-33-20)21-23-14-24-28-21)26-27-19(31)13-32-17-9-5-4-8-16(17)12-15-6-2-1-3-7-15/h1-9,14H,10-13H2,(H,26,30)(H,27,31)(H,23,24,28). The molecule has 0 fully saturated rings. The highest BCUT2D eigenvalue weighted by molar-refractivity contribution is 5.82. The molecular weight excluding hydrogens is 426 g/mol. The maximum absolute atomic E-state index is 12.1. The smallest absolute Gasteiger partial charge is 0.276 e. The molecule has 33 heavy (non-hydrogen) atoms. The van der Waals surface area contributed by atoms with E-state index in [1.165, 1.54) is 6.33 Å². The molecule has 0 saturated carbocycles. The molecular formula is C22H21N7O4. The second-order valence-electron chi connectivity index (χ2n) is 7.00. The highest BCUT2D eigenvalue weighted by atomic mass is 16.5. The molecule has 0 unspecified atom stereocenters. The molecule has 0 aliphatic rings. The first-order chi connectivity index (χ1) is 16.2. The zero-order valence-corrected chi connectivity index (χ0v) is 17.5. The van der Waals surface area contributed by atoms with E-state index in [4.69, 9.17) is 9.26 Å². The van der Waals surface area contributed by atoms with Crippen molar-refractivity contribution in [2.24, 2.45) is 0 Å². The van der Waals surface area contributed by atoms with Crippen LogP contribution in [-0.2, 0) is 22.4 Å². The third-order valence-electron chi connectivity index (χ3n) is 4.57. The first kappa shape index (κ1) is 21.7. The van der Waals surface area contributed by atoms with E-state index in [1.807, 2.05) is 54.6 Å². The first-order valence-electron chi connectivity index (χ1n) is 10.2. The summed E-state index contributed by atoms with van der Waals surface area (Å²) in [4.78, 5) is 32.1. The number of hydrazine groups is 1. The summed E-state index contributed by atoms with van der Waals surface area (Å²) in [5, 5.41) is 10.1. The van der Waals surface area contributed by atoms with Crippen LogP contribution in [0.5, 0.6) is 5.75 Å². The van der Waals surface area contributed by atoms with E-state index in [0.717, 1.165) is 11.1 Å². The lowest BCUT2D eigenvalue weighted by Gasteiger charge is -2.12. The van der Waals surface area contributed by atoms with E-state index in [2.05, 4.69) is 36.2 Å². The molecule has 0 aliphatic carbocycles. The third-order valence-corrected chi connectivity index (χ3v) is 4.57. The fourth-order valence-corrected chi connectivity index (χ4v) is 2.97. The number of H-pyrrole nitrogens is 1. The highest BCUT2D eigenvalue weighted by Gasteiger charge is 2.13. The molecule has 4 aromatic rings. The number of nitrogens with one attached hydrogen (secondary N) is 3. The van der Waals surface area contributed by atoms with Gasteiger partial charge < -0.3 is 9.26 Å². The average molecular weight is 447 g/mol. The summed E-state index contributed by atoms with van der Waals surface area (Å²) in [6.07, 6.45) is 2.25. The quantitative estimate of drug-likeness (QED) is 0.328. The Labute approximate surface area is 188 Å². The minimum absolute atomic E-state index is 0.0408. The van der Waals surface area contributed by atoms with Gasteiger partial charge in [-0.15, -0.1) is 0 Å². The number of hydrogen-bond donors (Lipinski definition) is 3. The zero-order valence-electron chi connectivity index (χ0n) is 17.5. The molecule has 2 aromatic carbocycles. The van der Waals surface area contributed by atoms with Gasteiger partial charge in [-0.25, -0.2) is 4.98 Å². The molecule has 0 saturated heterocycles. The predicted molar refractivity (Wildman–Crippen MR) is 115 cm³/mol. The Kier molecular flexibility index (Phi) is 7.01. The second-order valence-corrected chi connectivity index (χ2v) is 7.00. The number of amides is 2. The molecule has 2 amide bonds. The number of carbonyl (C=O) groups excluding carboxylic acids is 2. The number of ether oxygens (including phenoxy) is 1. The molecule has 11 nitrogen and oxygen atoms in total. The first-order valence-corrected chi connectivity index (χ1v) is 10.2. The van der Waals surface area contributed by atoms with Crippen LogP contribution in [0.4, 0.5) is 0 Å². The Hall–Kier alpha value is -4.54. The van der Waals surface area contributed by atoms with Crippen LogP contribution in [0.1, 0.15) is 23.4 Å². The van der Waals surface area contributed by atoms with Crippen LogP contribution < -0.4 is 15.6 Å². The fraction of sp³-hybridized carbons (Fsp3) is 0.182. The number of aromatic amines is 1. The Bertz CT molecular complexity index is 1190. The fourth-order valence-electron chi connectivity index (χ4n) is 2.97. The number of benzene rings is 2. The molecule has 0 spiro atoms. The van der Waals surface area contributed by atoms with Gasteiger partial charge in [-0.1, -0.05) is 53.7 Å². The normalized spacial score (nSPS) is 10.5. The van der Waals surface area contributed by atoms with Crippen LogP contribution in [0.3, 0.4) is 0 Å². The molecule has 11 heteroatoms. The van der Waals surface area contributed by atoms with Crippen molar-refractivity contribution in [3.8, 4) is 17.4 Å². The minimum atomic E-state index is -0.483. The number of para-hydroxylation sites is 1. The van der Waals surface area contributed by atoms with E-state index in [0.29, 0.717) is 18.0 Å². The lowest BCUT2D eigenvalue weighted by atomic mass is 10.0. The molecule has 168 valence electrons. The monoisotopic (exact) mass is 447 g/mol. The topological polar surface area (TPSA) is 148 Å². The summed E-state index contributed by atoms with van der Waals surface area (Å²) in [6, 6.07) is 17.5. The van der Waals surface area contributed by atoms with Gasteiger partial charge >= 0.3 is 0 Å². The van der Waals surface area contributed by atoms with Gasteiger partial charge in [0.2, 0.25) is 17.6 Å². The molecule has 0 radical (unpaired) electrons. The van der Waals surface area contributed by atoms with Crippen molar-refractivity contribution < 1.29 is 18.8 Å². The molecule has 2 heterocycles. The predicted octanol–water partition coefficient (Wildman–Crippen LogP) is 1.60. The zero-order chi connectivity index (χ0) is 22.9. The van der Waals surface area contributed by atoms with Crippen LogP contribution >= 0.6 is 0 Å². The number of rotatable bonds is 9. The van der Waals surface area contributed by atoms with Crippen molar-refractivity contribution in [1.82, 2.24) is 36.2 Å². The summed E-state index contributed by atoms with van der Waals surface area (Å²) >= 11 is 0. The van der Waals surface area contributed by atoms with Crippen molar-refractivity contribution >= 4 is 11.8 Å². The van der Waals surface area contributed by atoms with Crippen LogP contribution in [-0.4, -0.2) is 43.7 Å². The van der Waals surface area contributed by atoms with E-state index in [9.17, 15) is 9.59 Å². The van der Waals surface area contributed by atoms with Gasteiger partial charge in [-0.05, 0) is 17.2 Å². The summed E-state index contributed by atoms with van der Waals surface area (Å²) in [5.74, 6) is 0.603. The number of carbonyl (C=O) groups is 2. The van der Waals surface area contributed by atoms with Gasteiger partial charge in [0, 0.05) is 19.3 Å². The maximum atomic E-state index is 12.1. The average Bonchev–Trinajstić information content (AvgIpc) is 3.54. The van der Waals surface area contributed by atoms with Gasteiger partial charge in [0.15, 0.2) is 12.4 Å². The van der Waals surface area contributed by atoms with E-state index in [-0.39, 0.29) is 31.2 Å². The van der Waals surface area contributed by atoms with Crippen LogP contribution in [0.25, 0.3) is 11.6 Å². The molecule has 2 aromatic heterocycles. The SMILES string of the molecule is O=C(CCc1nc(-c2ncn[nH]2)no1)NNC(=O)COc1ccccc1Cc1ccccc1. The van der Waals surface area contributed by atoms with E-state index in [1.54, 1.807) is 0 Å². The van der Waals surface area contributed by atoms with Crippen molar-refractivity contribution in [3.63, 3.8) is 0 Å². The molecule has 3 N–H and O–H groups in total. The van der Waals surface area contributed by atoms with E-state index < -0.39 is 11.8 Å². The Morgan fingerprint density at radius 3 is 2.61 bits per heavy atom. The third kappa shape index (κ3) is 6.23. The Morgan fingerprint density at radius 1 is 1.00 bits per heavy atom. The highest BCUT2D eigenvalue weighted by Crippen LogP contribution is 2.21. The summed E-state index contributed by atoms with van der Waals surface area (Å²) in [6.45, 7) is -0.240. The van der Waals surface area contributed by atoms with Gasteiger partial charge in [0.05, 0.1) is 0 Å². The van der Waals surface area contributed by atoms with Gasteiger partial charge in [0.1, 0.15) is 12.1 Å². The van der Waals surface area contributed by atoms with Crippen LogP contribution in [0.15, 0.2) is 65.4 Å². The van der Waals surface area contributed by atoms with Crippen molar-refractivity contribution in [2.45, 2.75) is 19.3 Å². The summed E-state index contributed by atoms with van der Waals surface area (Å²) < 4.78 is 10.7. The van der Waals surface area contributed by atoms with E-state index >= 15 is 0 Å². The van der Waals surface area contributed by atoms with Crippen LogP contribution in [0, 0.1) is 0 Å². The minimum Gasteiger partial charge on any atom is -0.483 e. The molecule has 4 rings (SSSR count). The van der Waals surface area contributed by atoms with Crippen molar-refractivity contribution in [3.05, 3.63) is 77.9 Å². The van der Waals surface area contributed by atoms with Gasteiger partial charge in [-0.2, -0.15) is 10.1 Å². The molecule has 0 aliphatic heterocycles. The van der Waals surface area contributed by atoms with Gasteiger partial charge in [0.25, 0.3) is 5.91 Å². The molecule has 0 atom stereocenters. The summed E-state index contributed by atoms with van der Waals surface area (Å²) in [7, 11) is 0. The molecule has 0 bridgehead atoms. The van der Waals surface area contributed by atoms with Crippen molar-refractivity contribution in [2.75, 3.05) is 6.61 Å². The van der Waals surface area contributed by atoms with Gasteiger partial charge in [-0.3, -0.25) is 25.5 Å². The second kappa shape index (κ2) is 10.7. The Morgan fingerprint density at radius 2 is 1.79 bits per heavy atom. The maximum Gasteiger partial charge on any atom is 0.276 e. The summed E-state index contributed by atoms with van der Waals surface area (Å²) in [5.41, 5.74) is 6.77. The lowest BCUT2D eigenvalue weighted by molar-refractivity contribution is -0.130. The Balaban J connectivity index is 1.20. The van der Waals surface area contributed by atoms with Crippen molar-refractivity contribution in [1.29, 1.82) is 0 Å².